The second-order valence-corrected chi connectivity index (χ2v) is 8.57. The van der Waals surface area contributed by atoms with Crippen LogP contribution in [-0.2, 0) is 11.3 Å². The van der Waals surface area contributed by atoms with Crippen molar-refractivity contribution in [3.63, 3.8) is 0 Å². The molecule has 0 radical (unpaired) electrons. The maximum Gasteiger partial charge on any atom is 0.233 e. The van der Waals surface area contributed by atoms with Gasteiger partial charge >= 0.3 is 0 Å². The lowest BCUT2D eigenvalue weighted by molar-refractivity contribution is -0.120. The molecule has 7 heteroatoms. The molecule has 1 aromatic heterocycles. The number of nitrogens with zero attached hydrogens (tertiary/aromatic N) is 2. The number of aromatic nitrogens is 2. The molecule has 152 valence electrons. The van der Waals surface area contributed by atoms with Gasteiger partial charge in [-0.15, -0.1) is 0 Å². The van der Waals surface area contributed by atoms with E-state index in [0.717, 1.165) is 40.9 Å². The van der Waals surface area contributed by atoms with Crippen molar-refractivity contribution < 1.29 is 14.3 Å². The van der Waals surface area contributed by atoms with Crippen molar-refractivity contribution in [2.75, 3.05) is 19.8 Å². The number of imidazole rings is 1. The summed E-state index contributed by atoms with van der Waals surface area (Å²) in [7, 11) is 0. The highest BCUT2D eigenvalue weighted by atomic mass is 32.2. The van der Waals surface area contributed by atoms with Crippen LogP contribution in [-0.4, -0.2) is 40.5 Å². The van der Waals surface area contributed by atoms with Gasteiger partial charge in [0.15, 0.2) is 16.7 Å². The van der Waals surface area contributed by atoms with Gasteiger partial charge in [-0.05, 0) is 44.4 Å². The van der Waals surface area contributed by atoms with Crippen molar-refractivity contribution in [2.24, 2.45) is 5.92 Å². The van der Waals surface area contributed by atoms with E-state index in [1.807, 2.05) is 31.3 Å². The Morgan fingerprint density at radius 3 is 2.71 bits per heavy atom. The Hall–Kier alpha value is -2.15. The van der Waals surface area contributed by atoms with Gasteiger partial charge in [0.1, 0.15) is 13.2 Å². The molecular weight excluding hydrogens is 374 g/mol. The number of thioether (sulfide) groups is 1. The zero-order valence-electron chi connectivity index (χ0n) is 17.0. The lowest BCUT2D eigenvalue weighted by Gasteiger charge is -2.19. The van der Waals surface area contributed by atoms with Crippen molar-refractivity contribution in [3.8, 4) is 22.8 Å². The molecule has 2 heterocycles. The first kappa shape index (κ1) is 20.6. The summed E-state index contributed by atoms with van der Waals surface area (Å²) >= 11 is 1.49. The minimum atomic E-state index is -0.201. The second-order valence-electron chi connectivity index (χ2n) is 7.26. The number of carbonyl (C=O) groups is 1. The third-order valence-corrected chi connectivity index (χ3v) is 5.75. The van der Waals surface area contributed by atoms with Gasteiger partial charge in [0.25, 0.3) is 0 Å². The molecule has 1 unspecified atom stereocenters. The summed E-state index contributed by atoms with van der Waals surface area (Å²) < 4.78 is 13.4. The monoisotopic (exact) mass is 403 g/mol. The van der Waals surface area contributed by atoms with Crippen molar-refractivity contribution in [1.29, 1.82) is 0 Å². The van der Waals surface area contributed by atoms with Gasteiger partial charge in [-0.2, -0.15) is 0 Å². The predicted octanol–water partition coefficient (Wildman–Crippen LogP) is 3.98. The zero-order chi connectivity index (χ0) is 20.1. The van der Waals surface area contributed by atoms with Gasteiger partial charge < -0.3 is 19.4 Å². The second kappa shape index (κ2) is 9.37. The van der Waals surface area contributed by atoms with Crippen LogP contribution in [0, 0.1) is 5.92 Å². The van der Waals surface area contributed by atoms with Crippen LogP contribution < -0.4 is 14.8 Å². The van der Waals surface area contributed by atoms with Gasteiger partial charge in [-0.25, -0.2) is 4.98 Å². The van der Waals surface area contributed by atoms with Crippen molar-refractivity contribution in [1.82, 2.24) is 14.9 Å². The van der Waals surface area contributed by atoms with E-state index in [-0.39, 0.29) is 11.2 Å². The summed E-state index contributed by atoms with van der Waals surface area (Å²) in [5, 5.41) is 3.66. The average molecular weight is 404 g/mol. The van der Waals surface area contributed by atoms with Crippen molar-refractivity contribution >= 4 is 17.7 Å². The molecule has 28 heavy (non-hydrogen) atoms. The highest BCUT2D eigenvalue weighted by Crippen LogP contribution is 2.36. The van der Waals surface area contributed by atoms with Crippen LogP contribution in [0.2, 0.25) is 0 Å². The van der Waals surface area contributed by atoms with Gasteiger partial charge in [-0.3, -0.25) is 4.79 Å². The number of hydrogen-bond donors (Lipinski definition) is 1. The first-order chi connectivity index (χ1) is 13.5. The van der Waals surface area contributed by atoms with Gasteiger partial charge in [0.2, 0.25) is 5.91 Å². The summed E-state index contributed by atoms with van der Waals surface area (Å²) in [4.78, 5) is 16.9. The smallest absolute Gasteiger partial charge is 0.233 e. The quantitative estimate of drug-likeness (QED) is 0.675. The fourth-order valence-electron chi connectivity index (χ4n) is 3.03. The Morgan fingerprint density at radius 2 is 2.00 bits per heavy atom. The largest absolute Gasteiger partial charge is 0.486 e. The van der Waals surface area contributed by atoms with Crippen molar-refractivity contribution in [2.45, 2.75) is 51.1 Å². The molecule has 0 saturated carbocycles. The summed E-state index contributed by atoms with van der Waals surface area (Å²) in [6.45, 7) is 10.9. The highest BCUT2D eigenvalue weighted by Gasteiger charge is 2.20. The molecule has 0 aliphatic carbocycles. The fourth-order valence-corrected chi connectivity index (χ4v) is 4.01. The predicted molar refractivity (Wildman–Crippen MR) is 112 cm³/mol. The number of amides is 1. The molecule has 0 saturated heterocycles. The Morgan fingerprint density at radius 1 is 1.25 bits per heavy atom. The summed E-state index contributed by atoms with van der Waals surface area (Å²) in [6, 6.07) is 5.95. The van der Waals surface area contributed by atoms with Crippen LogP contribution >= 0.6 is 11.8 Å². The number of hydrogen-bond acceptors (Lipinski definition) is 5. The van der Waals surface area contributed by atoms with Gasteiger partial charge in [0, 0.05) is 18.7 Å². The molecule has 0 spiro atoms. The Labute approximate surface area is 171 Å². The summed E-state index contributed by atoms with van der Waals surface area (Å²) in [5.74, 6) is 2.17. The van der Waals surface area contributed by atoms with E-state index < -0.39 is 0 Å². The van der Waals surface area contributed by atoms with E-state index in [0.29, 0.717) is 25.7 Å². The molecule has 1 aliphatic rings. The number of carbonyl (C=O) groups excluding carboxylic acids is 1. The molecule has 0 bridgehead atoms. The third kappa shape index (κ3) is 4.82. The number of ether oxygens (including phenoxy) is 2. The van der Waals surface area contributed by atoms with E-state index >= 15 is 0 Å². The maximum atomic E-state index is 12.4. The molecule has 0 fully saturated rings. The van der Waals surface area contributed by atoms with Crippen LogP contribution in [0.3, 0.4) is 0 Å². The van der Waals surface area contributed by atoms with E-state index in [9.17, 15) is 4.79 Å². The first-order valence-electron chi connectivity index (χ1n) is 9.89. The number of rotatable bonds is 8. The Bertz CT molecular complexity index is 819. The molecule has 6 nitrogen and oxygen atoms in total. The average Bonchev–Trinajstić information content (AvgIpc) is 3.09. The van der Waals surface area contributed by atoms with Crippen LogP contribution in [0.1, 0.15) is 34.1 Å². The molecule has 3 rings (SSSR count). The number of fused-ring (bicyclic) bond motifs is 1. The van der Waals surface area contributed by atoms with Crippen LogP contribution in [0.4, 0.5) is 0 Å². The third-order valence-electron chi connectivity index (χ3n) is 4.65. The van der Waals surface area contributed by atoms with Gasteiger partial charge in [-0.1, -0.05) is 25.6 Å². The Balaban J connectivity index is 1.72. The molecular formula is C21H29N3O3S. The fraction of sp³-hybridized carbons (Fsp3) is 0.524. The van der Waals surface area contributed by atoms with E-state index in [1.54, 1.807) is 0 Å². The lowest BCUT2D eigenvalue weighted by Crippen LogP contribution is -2.32. The Kier molecular flexibility index (Phi) is 6.88. The van der Waals surface area contributed by atoms with E-state index in [1.165, 1.54) is 11.8 Å². The number of nitrogens with one attached hydrogen (secondary N) is 1. The molecule has 2 aromatic rings. The minimum Gasteiger partial charge on any atom is -0.486 e. The molecule has 1 atom stereocenters. The van der Waals surface area contributed by atoms with Crippen LogP contribution in [0.15, 0.2) is 29.6 Å². The van der Waals surface area contributed by atoms with E-state index in [4.69, 9.17) is 9.47 Å². The molecule has 1 amide bonds. The SMILES string of the molecule is CCn1c(-c2ccc3c(c2)OCCO3)cnc1SC(C)C(=O)NCCC(C)C. The van der Waals surface area contributed by atoms with Crippen LogP contribution in [0.5, 0.6) is 11.5 Å². The zero-order valence-corrected chi connectivity index (χ0v) is 17.8. The summed E-state index contributed by atoms with van der Waals surface area (Å²) in [6.07, 6.45) is 2.85. The molecule has 1 aliphatic heterocycles. The van der Waals surface area contributed by atoms with Crippen molar-refractivity contribution in [3.05, 3.63) is 24.4 Å². The van der Waals surface area contributed by atoms with Crippen LogP contribution in [0.25, 0.3) is 11.3 Å². The first-order valence-corrected chi connectivity index (χ1v) is 10.8. The molecule has 1 aromatic carbocycles. The minimum absolute atomic E-state index is 0.0529. The van der Waals surface area contributed by atoms with E-state index in [2.05, 4.69) is 35.6 Å². The van der Waals surface area contributed by atoms with Gasteiger partial charge in [0.05, 0.1) is 17.1 Å². The molecule has 1 N–H and O–H groups in total. The maximum absolute atomic E-state index is 12.4. The lowest BCUT2D eigenvalue weighted by atomic mass is 10.1. The highest BCUT2D eigenvalue weighted by molar-refractivity contribution is 8.00. The normalized spacial score (nSPS) is 14.2. The number of benzene rings is 1. The summed E-state index contributed by atoms with van der Waals surface area (Å²) in [5.41, 5.74) is 2.04. The topological polar surface area (TPSA) is 65.4 Å². The standard InChI is InChI=1S/C21H29N3O3S/c1-5-24-17(16-6-7-18-19(12-16)27-11-10-26-18)13-23-21(24)28-15(4)20(25)22-9-8-14(2)3/h6-7,12-15H,5,8-11H2,1-4H3,(H,22,25).